The lowest BCUT2D eigenvalue weighted by Crippen LogP contribution is -2.43. The Hall–Kier alpha value is -1.86. The Balaban J connectivity index is 1.61. The third-order valence-electron chi connectivity index (χ3n) is 5.48. The van der Waals surface area contributed by atoms with Crippen molar-refractivity contribution in [2.24, 2.45) is 0 Å². The van der Waals surface area contributed by atoms with E-state index in [0.29, 0.717) is 12.6 Å². The number of hydrogen-bond donors (Lipinski definition) is 1. The molecule has 4 heterocycles. The summed E-state index contributed by atoms with van der Waals surface area (Å²) in [5, 5.41) is 4.36. The van der Waals surface area contributed by atoms with E-state index in [9.17, 15) is 4.79 Å². The molecule has 0 aliphatic carbocycles. The molecular weight excluding hydrogens is 360 g/mol. The van der Waals surface area contributed by atoms with Gasteiger partial charge in [-0.3, -0.25) is 9.78 Å². The summed E-state index contributed by atoms with van der Waals surface area (Å²) in [5.41, 5.74) is 1.30. The molecule has 2 saturated heterocycles. The summed E-state index contributed by atoms with van der Waals surface area (Å²) in [4.78, 5) is 24.8. The van der Waals surface area contributed by atoms with Gasteiger partial charge in [0, 0.05) is 31.7 Å². The van der Waals surface area contributed by atoms with Crippen LogP contribution in [0.2, 0.25) is 0 Å². The van der Waals surface area contributed by atoms with Gasteiger partial charge in [0.15, 0.2) is 0 Å². The fraction of sp³-hybridized carbons (Fsp3) is 0.600. The number of nitrogens with zero attached hydrogens (tertiary/aromatic N) is 3. The van der Waals surface area contributed by atoms with Gasteiger partial charge in [-0.1, -0.05) is 12.8 Å². The maximum Gasteiger partial charge on any atom is 0.254 e. The summed E-state index contributed by atoms with van der Waals surface area (Å²) in [6, 6.07) is 4.20. The molecule has 6 nitrogen and oxygen atoms in total. The second-order valence-corrected chi connectivity index (χ2v) is 8.37. The molecule has 1 N–H and O–H groups in total. The predicted octanol–water partition coefficient (Wildman–Crippen LogP) is 3.05. The summed E-state index contributed by atoms with van der Waals surface area (Å²) in [7, 11) is 0. The van der Waals surface area contributed by atoms with Crippen LogP contribution in [0.5, 0.6) is 0 Å². The maximum atomic E-state index is 12.4. The van der Waals surface area contributed by atoms with Crippen LogP contribution < -0.4 is 15.4 Å². The van der Waals surface area contributed by atoms with Crippen LogP contribution in [0.25, 0.3) is 0 Å². The lowest BCUT2D eigenvalue weighted by molar-refractivity contribution is 0.0529. The normalized spacial score (nSPS) is 24.0. The topological polar surface area (TPSA) is 61.5 Å². The second-order valence-electron chi connectivity index (χ2n) is 7.59. The number of aromatic amines is 1. The summed E-state index contributed by atoms with van der Waals surface area (Å²) in [6.07, 6.45) is 5.91. The largest absolute Gasteiger partial charge is 0.375 e. The Morgan fingerprint density at radius 3 is 3.07 bits per heavy atom. The van der Waals surface area contributed by atoms with E-state index >= 15 is 0 Å². The van der Waals surface area contributed by atoms with E-state index in [2.05, 4.69) is 38.5 Å². The van der Waals surface area contributed by atoms with Crippen LogP contribution in [-0.2, 0) is 11.2 Å². The average Bonchev–Trinajstić information content (AvgIpc) is 3.05. The molecule has 0 amide bonds. The molecule has 2 aliphatic rings. The molecule has 0 bridgehead atoms. The molecule has 0 radical (unpaired) electrons. The van der Waals surface area contributed by atoms with Gasteiger partial charge in [0.2, 0.25) is 5.95 Å². The first kappa shape index (κ1) is 18.5. The van der Waals surface area contributed by atoms with E-state index in [1.54, 1.807) is 17.4 Å². The molecule has 0 saturated carbocycles. The van der Waals surface area contributed by atoms with Crippen molar-refractivity contribution in [3.05, 3.63) is 38.8 Å². The van der Waals surface area contributed by atoms with Crippen LogP contribution in [0.1, 0.15) is 38.2 Å². The third kappa shape index (κ3) is 4.52. The number of hydrogen-bond acceptors (Lipinski definition) is 6. The van der Waals surface area contributed by atoms with Gasteiger partial charge in [-0.2, -0.15) is 16.3 Å². The Bertz CT molecular complexity index is 792. The van der Waals surface area contributed by atoms with Gasteiger partial charge in [-0.15, -0.1) is 0 Å². The highest BCUT2D eigenvalue weighted by Crippen LogP contribution is 2.25. The Kier molecular flexibility index (Phi) is 5.78. The Morgan fingerprint density at radius 1 is 1.33 bits per heavy atom. The highest BCUT2D eigenvalue weighted by Gasteiger charge is 2.25. The zero-order valence-corrected chi connectivity index (χ0v) is 16.7. The molecule has 2 fully saturated rings. The Morgan fingerprint density at radius 2 is 2.26 bits per heavy atom. The standard InChI is InChI=1S/C20H28N4O2S/c1-15-13-23(8-9-26-15)18-12-19(25)22-20(21-18)24-7-4-2-3-5-17(24)11-16-6-10-27-14-16/h6,10,12,14-15,17H,2-5,7-9,11,13H2,1H3,(H,21,22,25). The van der Waals surface area contributed by atoms with Gasteiger partial charge in [0.1, 0.15) is 5.82 Å². The third-order valence-corrected chi connectivity index (χ3v) is 6.21. The van der Waals surface area contributed by atoms with Gasteiger partial charge in [-0.05, 0) is 48.6 Å². The molecule has 0 spiro atoms. The summed E-state index contributed by atoms with van der Waals surface area (Å²) in [5.74, 6) is 1.49. The number of morpholine rings is 1. The van der Waals surface area contributed by atoms with Crippen molar-refractivity contribution >= 4 is 23.1 Å². The lowest BCUT2D eigenvalue weighted by Gasteiger charge is -2.34. The number of rotatable bonds is 4. The molecule has 0 aromatic carbocycles. The molecule has 146 valence electrons. The molecule has 27 heavy (non-hydrogen) atoms. The number of nitrogens with one attached hydrogen (secondary N) is 1. The Labute approximate surface area is 164 Å². The smallest absolute Gasteiger partial charge is 0.254 e. The summed E-state index contributed by atoms with van der Waals surface area (Å²) in [6.45, 7) is 5.23. The van der Waals surface area contributed by atoms with Gasteiger partial charge in [0.05, 0.1) is 12.7 Å². The zero-order valence-electron chi connectivity index (χ0n) is 15.9. The molecule has 2 aromatic heterocycles. The minimum Gasteiger partial charge on any atom is -0.375 e. The van der Waals surface area contributed by atoms with Crippen molar-refractivity contribution < 1.29 is 4.74 Å². The second kappa shape index (κ2) is 8.44. The van der Waals surface area contributed by atoms with Crippen molar-refractivity contribution in [1.82, 2.24) is 9.97 Å². The van der Waals surface area contributed by atoms with Crippen molar-refractivity contribution in [2.75, 3.05) is 36.0 Å². The first-order valence-corrected chi connectivity index (χ1v) is 10.9. The van der Waals surface area contributed by atoms with E-state index in [-0.39, 0.29) is 11.7 Å². The van der Waals surface area contributed by atoms with Crippen LogP contribution in [0.15, 0.2) is 27.7 Å². The lowest BCUT2D eigenvalue weighted by atomic mass is 10.0. The molecule has 2 aliphatic heterocycles. The van der Waals surface area contributed by atoms with Gasteiger partial charge >= 0.3 is 0 Å². The first-order chi connectivity index (χ1) is 13.2. The summed E-state index contributed by atoms with van der Waals surface area (Å²) >= 11 is 1.74. The van der Waals surface area contributed by atoms with Gasteiger partial charge < -0.3 is 14.5 Å². The average molecular weight is 389 g/mol. The summed E-state index contributed by atoms with van der Waals surface area (Å²) < 4.78 is 5.63. The zero-order chi connectivity index (χ0) is 18.6. The minimum absolute atomic E-state index is 0.0762. The van der Waals surface area contributed by atoms with Crippen LogP contribution in [0.4, 0.5) is 11.8 Å². The van der Waals surface area contributed by atoms with E-state index in [1.165, 1.54) is 18.4 Å². The van der Waals surface area contributed by atoms with E-state index in [1.807, 2.05) is 0 Å². The van der Waals surface area contributed by atoms with E-state index < -0.39 is 0 Å². The minimum atomic E-state index is -0.0762. The van der Waals surface area contributed by atoms with Crippen molar-refractivity contribution in [3.8, 4) is 0 Å². The number of aromatic nitrogens is 2. The van der Waals surface area contributed by atoms with Crippen LogP contribution in [-0.4, -0.2) is 48.4 Å². The van der Waals surface area contributed by atoms with E-state index in [4.69, 9.17) is 9.72 Å². The van der Waals surface area contributed by atoms with Crippen molar-refractivity contribution in [2.45, 2.75) is 51.2 Å². The first-order valence-electron chi connectivity index (χ1n) is 9.94. The van der Waals surface area contributed by atoms with Crippen LogP contribution in [0.3, 0.4) is 0 Å². The van der Waals surface area contributed by atoms with Crippen molar-refractivity contribution in [3.63, 3.8) is 0 Å². The molecule has 7 heteroatoms. The number of anilines is 2. The fourth-order valence-corrected chi connectivity index (χ4v) is 4.79. The van der Waals surface area contributed by atoms with Gasteiger partial charge in [-0.25, -0.2) is 0 Å². The highest BCUT2D eigenvalue weighted by atomic mass is 32.1. The number of H-pyrrole nitrogens is 1. The highest BCUT2D eigenvalue weighted by molar-refractivity contribution is 7.07. The molecule has 4 rings (SSSR count). The molecule has 2 unspecified atom stereocenters. The monoisotopic (exact) mass is 388 g/mol. The quantitative estimate of drug-likeness (QED) is 0.872. The van der Waals surface area contributed by atoms with E-state index in [0.717, 1.165) is 50.7 Å². The molecule has 2 aromatic rings. The SMILES string of the molecule is CC1CN(c2cc(=O)[nH]c(N3CCCCCC3Cc3ccsc3)n2)CCO1. The van der Waals surface area contributed by atoms with Gasteiger partial charge in [0.25, 0.3) is 5.56 Å². The number of thiophene rings is 1. The maximum absolute atomic E-state index is 12.4. The fourth-order valence-electron chi connectivity index (χ4n) is 4.11. The van der Waals surface area contributed by atoms with Crippen LogP contribution in [0, 0.1) is 0 Å². The number of ether oxygens (including phenoxy) is 1. The molecular formula is C20H28N4O2S. The van der Waals surface area contributed by atoms with Crippen molar-refractivity contribution in [1.29, 1.82) is 0 Å². The predicted molar refractivity (Wildman–Crippen MR) is 110 cm³/mol. The molecule has 2 atom stereocenters. The van der Waals surface area contributed by atoms with Crippen LogP contribution >= 0.6 is 11.3 Å².